The fourth-order valence-corrected chi connectivity index (χ4v) is 2.19. The highest BCUT2D eigenvalue weighted by atomic mass is 14.2. The van der Waals surface area contributed by atoms with E-state index in [1.165, 1.54) is 50.5 Å². The summed E-state index contributed by atoms with van der Waals surface area (Å²) in [5, 5.41) is 0. The Hall–Kier alpha value is -0.520. The number of hydrogen-bond acceptors (Lipinski definition) is 0. The highest BCUT2D eigenvalue weighted by Crippen LogP contribution is 2.30. The summed E-state index contributed by atoms with van der Waals surface area (Å²) >= 11 is 0. The van der Waals surface area contributed by atoms with E-state index < -0.39 is 0 Å². The Kier molecular flexibility index (Phi) is 4.88. The molecule has 0 bridgehead atoms. The van der Waals surface area contributed by atoms with Gasteiger partial charge >= 0.3 is 0 Å². The summed E-state index contributed by atoms with van der Waals surface area (Å²) in [5.74, 6) is 0.846. The van der Waals surface area contributed by atoms with Gasteiger partial charge in [0.15, 0.2) is 0 Å². The van der Waals surface area contributed by atoms with Gasteiger partial charge in [-0.2, -0.15) is 0 Å². The summed E-state index contributed by atoms with van der Waals surface area (Å²) in [7, 11) is 0. The van der Waals surface area contributed by atoms with Gasteiger partial charge in [-0.15, -0.1) is 6.58 Å². The number of rotatable bonds is 5. The maximum Gasteiger partial charge on any atom is -0.0206 e. The van der Waals surface area contributed by atoms with E-state index in [0.29, 0.717) is 0 Å². The summed E-state index contributed by atoms with van der Waals surface area (Å²) in [6, 6.07) is 0. The molecule has 13 heavy (non-hydrogen) atoms. The van der Waals surface area contributed by atoms with Gasteiger partial charge in [0, 0.05) is 0 Å². The normalized spacial score (nSPS) is 18.5. The van der Waals surface area contributed by atoms with Gasteiger partial charge in [0.1, 0.15) is 0 Å². The zero-order valence-electron chi connectivity index (χ0n) is 8.73. The van der Waals surface area contributed by atoms with Gasteiger partial charge in [-0.1, -0.05) is 37.5 Å². The van der Waals surface area contributed by atoms with Crippen LogP contribution < -0.4 is 0 Å². The van der Waals surface area contributed by atoms with E-state index in [4.69, 9.17) is 0 Å². The molecule has 1 aliphatic carbocycles. The third kappa shape index (κ3) is 3.80. The van der Waals surface area contributed by atoms with Crippen molar-refractivity contribution in [1.29, 1.82) is 0 Å². The Morgan fingerprint density at radius 1 is 1.23 bits per heavy atom. The Balaban J connectivity index is 2.17. The second-order valence-corrected chi connectivity index (χ2v) is 4.17. The second kappa shape index (κ2) is 6.01. The highest BCUT2D eigenvalue weighted by molar-refractivity contribution is 5.01. The topological polar surface area (TPSA) is 0 Å². The molecule has 0 saturated heterocycles. The van der Waals surface area contributed by atoms with E-state index in [1.54, 1.807) is 0 Å². The van der Waals surface area contributed by atoms with E-state index in [1.807, 2.05) is 6.08 Å². The molecule has 1 fully saturated rings. The van der Waals surface area contributed by atoms with Crippen LogP contribution in [0, 0.1) is 5.92 Å². The molecule has 0 atom stereocenters. The average molecular weight is 178 g/mol. The summed E-state index contributed by atoms with van der Waals surface area (Å²) in [6.07, 6.45) is 12.7. The van der Waals surface area contributed by atoms with Crippen molar-refractivity contribution in [1.82, 2.24) is 0 Å². The average Bonchev–Trinajstić information content (AvgIpc) is 2.19. The lowest BCUT2D eigenvalue weighted by Crippen LogP contribution is -2.08. The minimum absolute atomic E-state index is 0.846. The first-order valence-corrected chi connectivity index (χ1v) is 5.63. The molecular weight excluding hydrogens is 156 g/mol. The Labute approximate surface area is 82.7 Å². The van der Waals surface area contributed by atoms with E-state index in [9.17, 15) is 0 Å². The molecule has 0 nitrogen and oxygen atoms in total. The van der Waals surface area contributed by atoms with Crippen LogP contribution in [0.25, 0.3) is 0 Å². The maximum atomic E-state index is 4.22. The first-order valence-electron chi connectivity index (χ1n) is 5.63. The van der Waals surface area contributed by atoms with Gasteiger partial charge in [0.2, 0.25) is 0 Å². The molecule has 74 valence electrons. The van der Waals surface area contributed by atoms with Crippen molar-refractivity contribution >= 4 is 0 Å². The Morgan fingerprint density at radius 3 is 2.54 bits per heavy atom. The lowest BCUT2D eigenvalue weighted by molar-refractivity contribution is 0.394. The van der Waals surface area contributed by atoms with Gasteiger partial charge in [0.25, 0.3) is 0 Å². The first kappa shape index (κ1) is 10.6. The predicted octanol–water partition coefficient (Wildman–Crippen LogP) is 4.48. The molecule has 0 unspecified atom stereocenters. The monoisotopic (exact) mass is 178 g/mol. The lowest BCUT2D eigenvalue weighted by atomic mass is 9.83. The van der Waals surface area contributed by atoms with Crippen LogP contribution in [0.15, 0.2) is 24.8 Å². The van der Waals surface area contributed by atoms with E-state index in [-0.39, 0.29) is 0 Å². The third-order valence-corrected chi connectivity index (χ3v) is 3.09. The van der Waals surface area contributed by atoms with Crippen LogP contribution in [0.2, 0.25) is 0 Å². The zero-order chi connectivity index (χ0) is 9.52. The van der Waals surface area contributed by atoms with Gasteiger partial charge in [-0.3, -0.25) is 0 Å². The molecule has 0 aromatic carbocycles. The fraction of sp³-hybridized carbons (Fsp3) is 0.692. The first-order chi connectivity index (χ1) is 6.34. The Bertz CT molecular complexity index is 161. The van der Waals surface area contributed by atoms with Crippen LogP contribution >= 0.6 is 0 Å². The van der Waals surface area contributed by atoms with Crippen molar-refractivity contribution in [3.05, 3.63) is 24.8 Å². The van der Waals surface area contributed by atoms with Crippen molar-refractivity contribution in [3.63, 3.8) is 0 Å². The number of unbranched alkanes of at least 4 members (excludes halogenated alkanes) is 1. The van der Waals surface area contributed by atoms with Crippen LogP contribution in [0.4, 0.5) is 0 Å². The molecule has 1 saturated carbocycles. The van der Waals surface area contributed by atoms with Crippen molar-refractivity contribution in [2.45, 2.75) is 51.4 Å². The standard InChI is InChI=1S/C13H22/c1-3-4-6-9-12(2)13-10-7-5-8-11-13/h3,13H,1-2,4-11H2. The molecule has 0 aliphatic heterocycles. The van der Waals surface area contributed by atoms with Crippen molar-refractivity contribution < 1.29 is 0 Å². The molecule has 1 rings (SSSR count). The molecule has 0 spiro atoms. The third-order valence-electron chi connectivity index (χ3n) is 3.09. The molecule has 0 aromatic heterocycles. The largest absolute Gasteiger partial charge is 0.103 e. The Morgan fingerprint density at radius 2 is 1.92 bits per heavy atom. The van der Waals surface area contributed by atoms with Gasteiger partial charge < -0.3 is 0 Å². The smallest absolute Gasteiger partial charge is 0.0206 e. The lowest BCUT2D eigenvalue weighted by Gasteiger charge is -2.23. The van der Waals surface area contributed by atoms with Gasteiger partial charge in [-0.05, 0) is 38.0 Å². The predicted molar refractivity (Wildman–Crippen MR) is 59.8 cm³/mol. The molecule has 0 aromatic rings. The highest BCUT2D eigenvalue weighted by Gasteiger charge is 2.15. The van der Waals surface area contributed by atoms with Gasteiger partial charge in [-0.25, -0.2) is 0 Å². The SMILES string of the molecule is C=CCCCC(=C)C1CCCCC1. The van der Waals surface area contributed by atoms with E-state index in [0.717, 1.165) is 12.3 Å². The van der Waals surface area contributed by atoms with Crippen molar-refractivity contribution in [3.8, 4) is 0 Å². The summed E-state index contributed by atoms with van der Waals surface area (Å²) in [4.78, 5) is 0. The van der Waals surface area contributed by atoms with Crippen LogP contribution in [0.5, 0.6) is 0 Å². The summed E-state index contributed by atoms with van der Waals surface area (Å²) in [5.41, 5.74) is 1.50. The molecule has 0 amide bonds. The van der Waals surface area contributed by atoms with Crippen molar-refractivity contribution in [2.75, 3.05) is 0 Å². The molecule has 0 radical (unpaired) electrons. The number of hydrogen-bond donors (Lipinski definition) is 0. The van der Waals surface area contributed by atoms with Crippen LogP contribution in [-0.4, -0.2) is 0 Å². The molecule has 0 heteroatoms. The molecule has 0 heterocycles. The fourth-order valence-electron chi connectivity index (χ4n) is 2.19. The molecule has 1 aliphatic rings. The summed E-state index contributed by atoms with van der Waals surface area (Å²) in [6.45, 7) is 7.96. The quantitative estimate of drug-likeness (QED) is 0.430. The number of allylic oxidation sites excluding steroid dienone is 2. The second-order valence-electron chi connectivity index (χ2n) is 4.17. The minimum Gasteiger partial charge on any atom is -0.103 e. The van der Waals surface area contributed by atoms with E-state index >= 15 is 0 Å². The maximum absolute atomic E-state index is 4.22. The van der Waals surface area contributed by atoms with E-state index in [2.05, 4.69) is 13.2 Å². The minimum atomic E-state index is 0.846. The molecule has 0 N–H and O–H groups in total. The molecular formula is C13H22. The summed E-state index contributed by atoms with van der Waals surface area (Å²) < 4.78 is 0. The van der Waals surface area contributed by atoms with Crippen molar-refractivity contribution in [2.24, 2.45) is 5.92 Å². The van der Waals surface area contributed by atoms with Gasteiger partial charge in [0.05, 0.1) is 0 Å². The van der Waals surface area contributed by atoms with Crippen LogP contribution in [0.3, 0.4) is 0 Å². The zero-order valence-corrected chi connectivity index (χ0v) is 8.73. The van der Waals surface area contributed by atoms with Crippen LogP contribution in [-0.2, 0) is 0 Å². The van der Waals surface area contributed by atoms with Crippen LogP contribution in [0.1, 0.15) is 51.4 Å².